The van der Waals surface area contributed by atoms with Crippen molar-refractivity contribution in [2.24, 2.45) is 0 Å². The standard InChI is InChI=1S/C6H10O4S2.2CH3.Sn/c7-5(8)3-11-1-2-12-4-6(9)10;;;/h1-4H2,(H,7,8)(H,9,10);2*1H3;/q;;;+2/p-2. The fourth-order valence-corrected chi connectivity index (χ4v) is 1.99. The SMILES string of the molecule is O=C([O-])CSCCSCC(=O)[O-].[CH3][Sn+2][CH3]. The van der Waals surface area contributed by atoms with Crippen LogP contribution in [0.2, 0.25) is 9.88 Å². The van der Waals surface area contributed by atoms with E-state index < -0.39 is 11.9 Å². The molecule has 4 nitrogen and oxygen atoms in total. The van der Waals surface area contributed by atoms with Gasteiger partial charge in [-0.1, -0.05) is 0 Å². The number of thioether (sulfide) groups is 2. The fraction of sp³-hybridized carbons (Fsp3) is 0.750. The third kappa shape index (κ3) is 25.1. The van der Waals surface area contributed by atoms with E-state index in [1.165, 1.54) is 23.5 Å². The minimum atomic E-state index is -1.09. The van der Waals surface area contributed by atoms with E-state index >= 15 is 0 Å². The molecule has 0 radical (unpaired) electrons. The zero-order valence-corrected chi connectivity index (χ0v) is 13.3. The molecule has 0 rings (SSSR count). The Morgan fingerprint density at radius 3 is 1.47 bits per heavy atom. The Morgan fingerprint density at radius 1 is 1.00 bits per heavy atom. The molecule has 0 heterocycles. The molecule has 0 bridgehead atoms. The summed E-state index contributed by atoms with van der Waals surface area (Å²) in [6, 6.07) is 0. The molecule has 86 valence electrons. The number of carboxylic acids is 2. The van der Waals surface area contributed by atoms with Crippen molar-refractivity contribution >= 4 is 56.6 Å². The van der Waals surface area contributed by atoms with Crippen LogP contribution in [0, 0.1) is 0 Å². The summed E-state index contributed by atoms with van der Waals surface area (Å²) in [7, 11) is 0. The Morgan fingerprint density at radius 2 is 1.27 bits per heavy atom. The van der Waals surface area contributed by atoms with Gasteiger partial charge in [-0.3, -0.25) is 0 Å². The molecule has 0 atom stereocenters. The second-order valence-electron chi connectivity index (χ2n) is 2.35. The molecule has 0 amide bonds. The number of aliphatic carboxylic acids is 2. The molecule has 0 unspecified atom stereocenters. The molecule has 0 aromatic heterocycles. The monoisotopic (exact) mass is 358 g/mol. The van der Waals surface area contributed by atoms with Gasteiger partial charge in [0.2, 0.25) is 0 Å². The zero-order chi connectivity index (χ0) is 12.1. The Labute approximate surface area is 109 Å². The predicted octanol–water partition coefficient (Wildman–Crippen LogP) is -1.26. The van der Waals surface area contributed by atoms with Crippen LogP contribution < -0.4 is 10.2 Å². The molecule has 0 fully saturated rings. The van der Waals surface area contributed by atoms with Crippen LogP contribution >= 0.6 is 23.5 Å². The number of carbonyl (C=O) groups is 2. The molecule has 0 spiro atoms. The minimum absolute atomic E-state index is 0.0358. The Hall–Kier alpha value is 0.439. The molecule has 0 aromatic rings. The summed E-state index contributed by atoms with van der Waals surface area (Å²) in [6.07, 6.45) is 0. The van der Waals surface area contributed by atoms with Crippen LogP contribution in [0.1, 0.15) is 0 Å². The van der Waals surface area contributed by atoms with Crippen molar-refractivity contribution in [1.82, 2.24) is 0 Å². The van der Waals surface area contributed by atoms with Crippen LogP contribution in [0.4, 0.5) is 0 Å². The Balaban J connectivity index is 0. The summed E-state index contributed by atoms with van der Waals surface area (Å²) in [5.41, 5.74) is 0. The van der Waals surface area contributed by atoms with Crippen LogP contribution in [0.5, 0.6) is 0 Å². The zero-order valence-electron chi connectivity index (χ0n) is 8.78. The van der Waals surface area contributed by atoms with Crippen molar-refractivity contribution in [2.75, 3.05) is 23.0 Å². The summed E-state index contributed by atoms with van der Waals surface area (Å²) in [4.78, 5) is 24.4. The van der Waals surface area contributed by atoms with Crippen molar-refractivity contribution in [3.05, 3.63) is 0 Å². The van der Waals surface area contributed by atoms with Crippen LogP contribution in [0.3, 0.4) is 0 Å². The van der Waals surface area contributed by atoms with E-state index in [9.17, 15) is 19.8 Å². The Bertz CT molecular complexity index is 160. The van der Waals surface area contributed by atoms with Gasteiger partial charge < -0.3 is 19.8 Å². The summed E-state index contributed by atoms with van der Waals surface area (Å²) >= 11 is 2.66. The molecule has 0 saturated heterocycles. The molecular weight excluding hydrogens is 343 g/mol. The maximum absolute atomic E-state index is 9.90. The van der Waals surface area contributed by atoms with E-state index in [4.69, 9.17) is 0 Å². The number of carboxylic acid groups (broad SMARTS) is 2. The molecule has 0 aliphatic rings. The quantitative estimate of drug-likeness (QED) is 0.418. The summed E-state index contributed by atoms with van der Waals surface area (Å²) < 4.78 is 0. The van der Waals surface area contributed by atoms with Crippen LogP contribution in [-0.4, -0.2) is 56.1 Å². The van der Waals surface area contributed by atoms with Gasteiger partial charge in [-0.2, -0.15) is 23.5 Å². The van der Waals surface area contributed by atoms with Gasteiger partial charge in [0.1, 0.15) is 0 Å². The van der Waals surface area contributed by atoms with Gasteiger partial charge >= 0.3 is 31.0 Å². The average molecular weight is 357 g/mol. The topological polar surface area (TPSA) is 80.3 Å². The molecular formula is C8H14O4S2Sn. The van der Waals surface area contributed by atoms with E-state index in [2.05, 4.69) is 9.88 Å². The second-order valence-corrected chi connectivity index (χ2v) is 7.41. The van der Waals surface area contributed by atoms with E-state index in [-0.39, 0.29) is 32.6 Å². The third-order valence-corrected chi connectivity index (χ3v) is 2.94. The maximum atomic E-state index is 9.90. The van der Waals surface area contributed by atoms with Crippen molar-refractivity contribution in [3.8, 4) is 0 Å². The third-order valence-electron chi connectivity index (χ3n) is 0.812. The number of hydrogen-bond acceptors (Lipinski definition) is 6. The second kappa shape index (κ2) is 14.4. The number of hydrogen-bond donors (Lipinski definition) is 0. The van der Waals surface area contributed by atoms with E-state index in [1.807, 2.05) is 0 Å². The average Bonchev–Trinajstić information content (AvgIpc) is 2.11. The molecule has 0 N–H and O–H groups in total. The van der Waals surface area contributed by atoms with Gasteiger partial charge in [0.05, 0.1) is 11.9 Å². The van der Waals surface area contributed by atoms with Gasteiger partial charge in [0.25, 0.3) is 0 Å². The fourth-order valence-electron chi connectivity index (χ4n) is 0.429. The number of carbonyl (C=O) groups excluding carboxylic acids is 2. The predicted molar refractivity (Wildman–Crippen MR) is 62.1 cm³/mol. The summed E-state index contributed by atoms with van der Waals surface area (Å²) in [6.45, 7) is 0. The van der Waals surface area contributed by atoms with Crippen molar-refractivity contribution < 1.29 is 19.8 Å². The molecule has 0 saturated carbocycles. The van der Waals surface area contributed by atoms with E-state index in [0.717, 1.165) is 0 Å². The van der Waals surface area contributed by atoms with Gasteiger partial charge in [0.15, 0.2) is 0 Å². The van der Waals surface area contributed by atoms with Crippen LogP contribution in [-0.2, 0) is 9.59 Å². The summed E-state index contributed by atoms with van der Waals surface area (Å²) in [5, 5.41) is 19.8. The first kappa shape index (κ1) is 17.8. The first-order chi connectivity index (χ1) is 7.04. The molecule has 0 aromatic carbocycles. The number of rotatable bonds is 7. The van der Waals surface area contributed by atoms with Gasteiger partial charge in [-0.25, -0.2) is 0 Å². The molecule has 7 heteroatoms. The van der Waals surface area contributed by atoms with Gasteiger partial charge in [-0.15, -0.1) is 0 Å². The van der Waals surface area contributed by atoms with E-state index in [0.29, 0.717) is 11.5 Å². The first-order valence-corrected chi connectivity index (χ1v) is 12.2. The van der Waals surface area contributed by atoms with Crippen molar-refractivity contribution in [2.45, 2.75) is 9.88 Å². The normalized spacial score (nSPS) is 8.40. The first-order valence-electron chi connectivity index (χ1n) is 4.18. The van der Waals surface area contributed by atoms with Gasteiger partial charge in [-0.05, 0) is 0 Å². The van der Waals surface area contributed by atoms with Crippen molar-refractivity contribution in [1.29, 1.82) is 0 Å². The molecule has 0 aliphatic heterocycles. The summed E-state index contributed by atoms with van der Waals surface area (Å²) in [5.74, 6) is -1.02. The molecule has 15 heavy (non-hydrogen) atoms. The Kier molecular flexibility index (Phi) is 17.2. The molecule has 0 aliphatic carbocycles. The van der Waals surface area contributed by atoms with Crippen molar-refractivity contribution in [3.63, 3.8) is 0 Å². The van der Waals surface area contributed by atoms with Crippen LogP contribution in [0.15, 0.2) is 0 Å². The van der Waals surface area contributed by atoms with Crippen LogP contribution in [0.25, 0.3) is 0 Å². The van der Waals surface area contributed by atoms with Gasteiger partial charge in [0, 0.05) is 23.0 Å². The van der Waals surface area contributed by atoms with E-state index in [1.54, 1.807) is 0 Å².